The summed E-state index contributed by atoms with van der Waals surface area (Å²) >= 11 is 0. The normalized spacial score (nSPS) is 11.4. The van der Waals surface area contributed by atoms with E-state index in [9.17, 15) is 4.79 Å². The van der Waals surface area contributed by atoms with E-state index in [1.54, 1.807) is 24.3 Å². The molecule has 1 aromatic carbocycles. The molecule has 5 heteroatoms. The first-order valence-electron chi connectivity index (χ1n) is 6.22. The van der Waals surface area contributed by atoms with Gasteiger partial charge in [-0.15, -0.1) is 0 Å². The molecule has 2 N–H and O–H groups in total. The van der Waals surface area contributed by atoms with Crippen molar-refractivity contribution < 1.29 is 9.21 Å². The lowest BCUT2D eigenvalue weighted by molar-refractivity contribution is 0.247. The van der Waals surface area contributed by atoms with Crippen LogP contribution < -0.4 is 10.6 Å². The maximum Gasteiger partial charge on any atom is 0.319 e. The Labute approximate surface area is 117 Å². The van der Waals surface area contributed by atoms with Crippen LogP contribution in [0.4, 0.5) is 10.5 Å². The molecule has 0 saturated carbocycles. The molecule has 5 nitrogen and oxygen atoms in total. The number of benzene rings is 1. The van der Waals surface area contributed by atoms with Gasteiger partial charge in [-0.1, -0.05) is 0 Å². The molecule has 1 aromatic heterocycles. The van der Waals surface area contributed by atoms with Gasteiger partial charge in [0.15, 0.2) is 0 Å². The van der Waals surface area contributed by atoms with Gasteiger partial charge in [0.1, 0.15) is 11.5 Å². The molecule has 1 heterocycles. The molecule has 0 radical (unpaired) electrons. The Bertz CT molecular complexity index is 638. The fourth-order valence-corrected chi connectivity index (χ4v) is 1.75. The van der Waals surface area contributed by atoms with Gasteiger partial charge in [-0.25, -0.2) is 4.79 Å². The van der Waals surface area contributed by atoms with Gasteiger partial charge >= 0.3 is 6.03 Å². The van der Waals surface area contributed by atoms with Gasteiger partial charge in [0, 0.05) is 5.69 Å². The summed E-state index contributed by atoms with van der Waals surface area (Å²) in [6, 6.07) is 11.8. The molecule has 1 atom stereocenters. The predicted molar refractivity (Wildman–Crippen MR) is 75.2 cm³/mol. The summed E-state index contributed by atoms with van der Waals surface area (Å²) in [4.78, 5) is 11.8. The number of amides is 2. The average molecular weight is 269 g/mol. The zero-order chi connectivity index (χ0) is 14.5. The van der Waals surface area contributed by atoms with Crippen LogP contribution in [0.5, 0.6) is 0 Å². The first-order valence-corrected chi connectivity index (χ1v) is 6.22. The van der Waals surface area contributed by atoms with E-state index in [-0.39, 0.29) is 12.1 Å². The van der Waals surface area contributed by atoms with E-state index in [1.807, 2.05) is 32.0 Å². The number of anilines is 1. The molecule has 0 fully saturated rings. The highest BCUT2D eigenvalue weighted by molar-refractivity contribution is 5.89. The third-order valence-corrected chi connectivity index (χ3v) is 2.81. The van der Waals surface area contributed by atoms with E-state index in [1.165, 1.54) is 0 Å². The van der Waals surface area contributed by atoms with Crippen LogP contribution in [0.3, 0.4) is 0 Å². The third kappa shape index (κ3) is 3.39. The fraction of sp³-hybridized carbons (Fsp3) is 0.200. The maximum atomic E-state index is 11.8. The summed E-state index contributed by atoms with van der Waals surface area (Å²) in [7, 11) is 0. The molecule has 0 unspecified atom stereocenters. The van der Waals surface area contributed by atoms with Gasteiger partial charge in [-0.3, -0.25) is 0 Å². The molecular weight excluding hydrogens is 254 g/mol. The van der Waals surface area contributed by atoms with Crippen molar-refractivity contribution in [2.75, 3.05) is 5.32 Å². The molecule has 2 rings (SSSR count). The standard InChI is InChI=1S/C15H15N3O2/c1-10-3-8-14(20-10)11(2)17-15(19)18-13-6-4-12(9-16)5-7-13/h3-8,11H,1-2H3,(H2,17,18,19)/t11-/m1/s1. The van der Waals surface area contributed by atoms with Gasteiger partial charge in [0.25, 0.3) is 0 Å². The number of urea groups is 1. The molecule has 20 heavy (non-hydrogen) atoms. The summed E-state index contributed by atoms with van der Waals surface area (Å²) < 4.78 is 5.45. The Morgan fingerprint density at radius 2 is 1.95 bits per heavy atom. The number of nitrogens with zero attached hydrogens (tertiary/aromatic N) is 1. The summed E-state index contributed by atoms with van der Waals surface area (Å²) in [5.41, 5.74) is 1.18. The van der Waals surface area contributed by atoms with E-state index < -0.39 is 0 Å². The third-order valence-electron chi connectivity index (χ3n) is 2.81. The number of carbonyl (C=O) groups is 1. The van der Waals surface area contributed by atoms with Crippen molar-refractivity contribution in [3.05, 3.63) is 53.5 Å². The lowest BCUT2D eigenvalue weighted by Gasteiger charge is -2.12. The minimum absolute atomic E-state index is 0.220. The number of hydrogen-bond acceptors (Lipinski definition) is 3. The summed E-state index contributed by atoms with van der Waals surface area (Å²) in [6.45, 7) is 3.70. The van der Waals surface area contributed by atoms with Crippen molar-refractivity contribution in [3.63, 3.8) is 0 Å². The zero-order valence-corrected chi connectivity index (χ0v) is 11.3. The van der Waals surface area contributed by atoms with Crippen molar-refractivity contribution in [2.24, 2.45) is 0 Å². The lowest BCUT2D eigenvalue weighted by Crippen LogP contribution is -2.30. The quantitative estimate of drug-likeness (QED) is 0.897. The summed E-state index contributed by atoms with van der Waals surface area (Å²) in [5, 5.41) is 14.2. The Morgan fingerprint density at radius 3 is 2.50 bits per heavy atom. The minimum Gasteiger partial charge on any atom is -0.464 e. The SMILES string of the molecule is Cc1ccc([C@@H](C)NC(=O)Nc2ccc(C#N)cc2)o1. The van der Waals surface area contributed by atoms with Gasteiger partial charge < -0.3 is 15.1 Å². The number of furan rings is 1. The summed E-state index contributed by atoms with van der Waals surface area (Å²) in [5.74, 6) is 1.51. The van der Waals surface area contributed by atoms with Crippen molar-refractivity contribution in [1.82, 2.24) is 5.32 Å². The smallest absolute Gasteiger partial charge is 0.319 e. The molecule has 2 aromatic rings. The monoisotopic (exact) mass is 269 g/mol. The first kappa shape index (κ1) is 13.7. The van der Waals surface area contributed by atoms with E-state index in [0.717, 1.165) is 5.76 Å². The zero-order valence-electron chi connectivity index (χ0n) is 11.3. The number of aryl methyl sites for hydroxylation is 1. The van der Waals surface area contributed by atoms with Gasteiger partial charge in [0.2, 0.25) is 0 Å². The van der Waals surface area contributed by atoms with Crippen LogP contribution in [-0.2, 0) is 0 Å². The Kier molecular flexibility index (Phi) is 4.06. The number of nitriles is 1. The minimum atomic E-state index is -0.323. The Balaban J connectivity index is 1.93. The van der Waals surface area contributed by atoms with Gasteiger partial charge in [0.05, 0.1) is 17.7 Å². The van der Waals surface area contributed by atoms with Crippen LogP contribution in [0.25, 0.3) is 0 Å². The Morgan fingerprint density at radius 1 is 1.25 bits per heavy atom. The summed E-state index contributed by atoms with van der Waals surface area (Å²) in [6.07, 6.45) is 0. The number of rotatable bonds is 3. The molecular formula is C15H15N3O2. The molecule has 0 aliphatic rings. The largest absolute Gasteiger partial charge is 0.464 e. The number of carbonyl (C=O) groups excluding carboxylic acids is 1. The van der Waals surface area contributed by atoms with Crippen LogP contribution in [0, 0.1) is 18.3 Å². The van der Waals surface area contributed by atoms with Crippen molar-refractivity contribution >= 4 is 11.7 Å². The molecule has 0 bridgehead atoms. The lowest BCUT2D eigenvalue weighted by atomic mass is 10.2. The van der Waals surface area contributed by atoms with Crippen molar-refractivity contribution in [2.45, 2.75) is 19.9 Å². The highest BCUT2D eigenvalue weighted by atomic mass is 16.3. The second-order valence-electron chi connectivity index (χ2n) is 4.46. The predicted octanol–water partition coefficient (Wildman–Crippen LogP) is 3.34. The highest BCUT2D eigenvalue weighted by Gasteiger charge is 2.12. The first-order chi connectivity index (χ1) is 9.58. The van der Waals surface area contributed by atoms with Crippen LogP contribution in [0.15, 0.2) is 40.8 Å². The van der Waals surface area contributed by atoms with Gasteiger partial charge in [-0.2, -0.15) is 5.26 Å². The molecule has 0 saturated heterocycles. The van der Waals surface area contributed by atoms with E-state index in [0.29, 0.717) is 17.0 Å². The molecule has 2 amide bonds. The maximum absolute atomic E-state index is 11.8. The van der Waals surface area contributed by atoms with E-state index >= 15 is 0 Å². The van der Waals surface area contributed by atoms with Crippen LogP contribution in [-0.4, -0.2) is 6.03 Å². The van der Waals surface area contributed by atoms with Crippen molar-refractivity contribution in [3.8, 4) is 6.07 Å². The topological polar surface area (TPSA) is 78.1 Å². The highest BCUT2D eigenvalue weighted by Crippen LogP contribution is 2.16. The van der Waals surface area contributed by atoms with E-state index in [4.69, 9.17) is 9.68 Å². The average Bonchev–Trinajstić information content (AvgIpc) is 2.86. The molecule has 0 spiro atoms. The van der Waals surface area contributed by atoms with Crippen LogP contribution in [0.2, 0.25) is 0 Å². The van der Waals surface area contributed by atoms with Gasteiger partial charge in [-0.05, 0) is 50.2 Å². The van der Waals surface area contributed by atoms with E-state index in [2.05, 4.69) is 10.6 Å². The molecule has 102 valence electrons. The second kappa shape index (κ2) is 5.93. The van der Waals surface area contributed by atoms with Crippen LogP contribution >= 0.6 is 0 Å². The van der Waals surface area contributed by atoms with Crippen LogP contribution in [0.1, 0.15) is 30.0 Å². The molecule has 0 aliphatic carbocycles. The fourth-order valence-electron chi connectivity index (χ4n) is 1.75. The molecule has 0 aliphatic heterocycles. The second-order valence-corrected chi connectivity index (χ2v) is 4.46. The number of nitrogens with one attached hydrogen (secondary N) is 2. The Hall–Kier alpha value is -2.74. The van der Waals surface area contributed by atoms with Crippen molar-refractivity contribution in [1.29, 1.82) is 5.26 Å². The number of hydrogen-bond donors (Lipinski definition) is 2.